The molecule has 0 radical (unpaired) electrons. The van der Waals surface area contributed by atoms with Gasteiger partial charge < -0.3 is 16.2 Å². The average molecular weight is 508 g/mol. The molecule has 3 rings (SSSR count). The van der Waals surface area contributed by atoms with Gasteiger partial charge in [0.25, 0.3) is 5.91 Å². The number of nitrogens with two attached hydrogens (primary N) is 1. The van der Waals surface area contributed by atoms with Gasteiger partial charge in [-0.2, -0.15) is 0 Å². The minimum absolute atomic E-state index is 0.00847. The number of nitrogens with one attached hydrogen (secondary N) is 1. The molecule has 0 fully saturated rings. The summed E-state index contributed by atoms with van der Waals surface area (Å²) < 4.78 is 14.6. The van der Waals surface area contributed by atoms with Gasteiger partial charge in [0.2, 0.25) is 5.91 Å². The lowest BCUT2D eigenvalue weighted by molar-refractivity contribution is -0.137. The second-order valence-electron chi connectivity index (χ2n) is 8.58. The molecule has 0 saturated heterocycles. The Morgan fingerprint density at radius 1 is 1.29 bits per heavy atom. The van der Waals surface area contributed by atoms with E-state index in [1.807, 2.05) is 13.8 Å². The number of benzene rings is 1. The Balaban J connectivity index is 0.000000926. The third-order valence-electron chi connectivity index (χ3n) is 4.95. The number of aliphatic hydroxyl groups excluding tert-OH is 1. The van der Waals surface area contributed by atoms with Crippen molar-refractivity contribution in [3.63, 3.8) is 0 Å². The molecule has 1 aliphatic rings. The summed E-state index contributed by atoms with van der Waals surface area (Å²) in [5.74, 6) is -1.27. The van der Waals surface area contributed by atoms with Crippen molar-refractivity contribution in [1.82, 2.24) is 9.88 Å². The molecule has 0 bridgehead atoms. The molecule has 0 spiro atoms. The first-order valence-corrected chi connectivity index (χ1v) is 11.7. The highest BCUT2D eigenvalue weighted by Crippen LogP contribution is 2.42. The lowest BCUT2D eigenvalue weighted by Crippen LogP contribution is -2.51. The fourth-order valence-electron chi connectivity index (χ4n) is 3.29. The number of hydrogen-bond donors (Lipinski definition) is 3. The van der Waals surface area contributed by atoms with E-state index in [9.17, 15) is 14.0 Å². The van der Waals surface area contributed by atoms with Crippen LogP contribution >= 0.6 is 11.6 Å². The van der Waals surface area contributed by atoms with Gasteiger partial charge in [0.15, 0.2) is 5.96 Å². The Morgan fingerprint density at radius 3 is 2.40 bits per heavy atom. The highest BCUT2D eigenvalue weighted by Gasteiger charge is 2.45. The van der Waals surface area contributed by atoms with Crippen molar-refractivity contribution in [3.05, 3.63) is 58.1 Å². The predicted molar refractivity (Wildman–Crippen MR) is 138 cm³/mol. The molecule has 8 nitrogen and oxygen atoms in total. The van der Waals surface area contributed by atoms with Crippen LogP contribution in [0.25, 0.3) is 0 Å². The highest BCUT2D eigenvalue weighted by atomic mass is 35.5. The summed E-state index contributed by atoms with van der Waals surface area (Å²) >= 11 is 5.88. The summed E-state index contributed by atoms with van der Waals surface area (Å²) in [7, 11) is 1.52. The zero-order valence-corrected chi connectivity index (χ0v) is 22.2. The molecule has 1 aliphatic heterocycles. The third-order valence-corrected chi connectivity index (χ3v) is 5.16. The number of hydrogen-bond acceptors (Lipinski definition) is 6. The fourth-order valence-corrected chi connectivity index (χ4v) is 3.50. The van der Waals surface area contributed by atoms with E-state index in [1.165, 1.54) is 36.3 Å². The van der Waals surface area contributed by atoms with Crippen LogP contribution in [0.5, 0.6) is 0 Å². The summed E-state index contributed by atoms with van der Waals surface area (Å²) in [6.45, 7) is 12.5. The van der Waals surface area contributed by atoms with Crippen LogP contribution in [0.15, 0.2) is 35.5 Å². The molecule has 10 heteroatoms. The number of rotatable bonds is 3. The molecular weight excluding hydrogens is 473 g/mol. The third kappa shape index (κ3) is 7.47. The van der Waals surface area contributed by atoms with Crippen LogP contribution in [0, 0.1) is 18.2 Å². The summed E-state index contributed by atoms with van der Waals surface area (Å²) in [6, 6.07) is 4.90. The van der Waals surface area contributed by atoms with Gasteiger partial charge in [-0.25, -0.2) is 14.4 Å². The van der Waals surface area contributed by atoms with Gasteiger partial charge in [-0.15, -0.1) is 0 Å². The van der Waals surface area contributed by atoms with E-state index in [-0.39, 0.29) is 29.2 Å². The second-order valence-corrected chi connectivity index (χ2v) is 9.02. The summed E-state index contributed by atoms with van der Waals surface area (Å²) in [5, 5.41) is 11.2. The maximum absolute atomic E-state index is 14.6. The Hall–Kier alpha value is -3.04. The standard InChI is InChI=1S/C20H21ClFN5O2.C3H8O.C2H6/c1-10-7-11(21)9-24-15(10)17(28)25-12-5-6-14(22)13(8-12)16-20(2,3)18(29)27(4)19(23)26-16;1-3(2)4;1-2/h5-9,16H,1-4H3,(H2,23,26)(H,25,28);3-4H,1-2H3;1-2H3. The van der Waals surface area contributed by atoms with Gasteiger partial charge >= 0.3 is 0 Å². The Morgan fingerprint density at radius 2 is 1.86 bits per heavy atom. The van der Waals surface area contributed by atoms with E-state index >= 15 is 0 Å². The smallest absolute Gasteiger partial charge is 0.274 e. The number of carbonyl (C=O) groups excluding carboxylic acids is 2. The number of aliphatic imine (C=N–C) groups is 1. The zero-order valence-electron chi connectivity index (χ0n) is 21.5. The molecule has 1 aromatic carbocycles. The molecule has 35 heavy (non-hydrogen) atoms. The number of amides is 2. The fraction of sp³-hybridized carbons (Fsp3) is 0.440. The van der Waals surface area contributed by atoms with Gasteiger partial charge in [0, 0.05) is 30.6 Å². The largest absolute Gasteiger partial charge is 0.394 e. The Bertz CT molecular complexity index is 1090. The molecule has 4 N–H and O–H groups in total. The number of guanidine groups is 1. The number of nitrogens with zero attached hydrogens (tertiary/aromatic N) is 3. The molecule has 1 unspecified atom stereocenters. The van der Waals surface area contributed by atoms with Gasteiger partial charge in [0.05, 0.1) is 16.5 Å². The summed E-state index contributed by atoms with van der Waals surface area (Å²) in [5.41, 5.74) is 6.14. The van der Waals surface area contributed by atoms with Crippen molar-refractivity contribution in [2.24, 2.45) is 16.1 Å². The average Bonchev–Trinajstić information content (AvgIpc) is 2.77. The number of pyridine rings is 1. The molecule has 2 aromatic rings. The molecule has 2 heterocycles. The number of halogens is 2. The van der Waals surface area contributed by atoms with Crippen LogP contribution < -0.4 is 11.1 Å². The van der Waals surface area contributed by atoms with E-state index in [1.54, 1.807) is 40.7 Å². The second kappa shape index (κ2) is 12.6. The van der Waals surface area contributed by atoms with E-state index in [4.69, 9.17) is 22.4 Å². The Kier molecular flexibility index (Phi) is 10.8. The molecule has 0 saturated carbocycles. The molecule has 1 aromatic heterocycles. The maximum atomic E-state index is 14.6. The van der Waals surface area contributed by atoms with Crippen LogP contribution in [-0.2, 0) is 4.79 Å². The van der Waals surface area contributed by atoms with Gasteiger partial charge in [0.1, 0.15) is 11.5 Å². The minimum atomic E-state index is -1.02. The summed E-state index contributed by atoms with van der Waals surface area (Å²) in [6.07, 6.45) is 1.21. The molecule has 192 valence electrons. The molecule has 1 atom stereocenters. The van der Waals surface area contributed by atoms with E-state index in [2.05, 4.69) is 15.3 Å². The van der Waals surface area contributed by atoms with Crippen LogP contribution in [0.3, 0.4) is 0 Å². The number of aliphatic hydroxyl groups is 1. The normalized spacial score (nSPS) is 16.5. The van der Waals surface area contributed by atoms with Crippen molar-refractivity contribution in [1.29, 1.82) is 0 Å². The number of aromatic nitrogens is 1. The van der Waals surface area contributed by atoms with E-state index in [0.717, 1.165) is 0 Å². The monoisotopic (exact) mass is 507 g/mol. The first kappa shape index (κ1) is 30.0. The topological polar surface area (TPSA) is 121 Å². The van der Waals surface area contributed by atoms with Gasteiger partial charge in [-0.05, 0) is 64.4 Å². The van der Waals surface area contributed by atoms with Gasteiger partial charge in [-0.3, -0.25) is 14.5 Å². The Labute approximate surface area is 211 Å². The van der Waals surface area contributed by atoms with Crippen LogP contribution in [0.4, 0.5) is 10.1 Å². The minimum Gasteiger partial charge on any atom is -0.394 e. The number of aryl methyl sites for hydroxylation is 1. The van der Waals surface area contributed by atoms with Crippen molar-refractivity contribution >= 4 is 35.1 Å². The zero-order chi connectivity index (χ0) is 27.1. The molecular formula is C25H35ClFN5O3. The van der Waals surface area contributed by atoms with Crippen molar-refractivity contribution in [2.75, 3.05) is 12.4 Å². The SMILES string of the molecule is CC.CC(C)O.Cc1cc(Cl)cnc1C(=O)Nc1ccc(F)c(C2N=C(N)N(C)C(=O)C2(C)C)c1. The molecule has 2 amide bonds. The van der Waals surface area contributed by atoms with Crippen molar-refractivity contribution < 1.29 is 19.1 Å². The number of anilines is 1. The van der Waals surface area contributed by atoms with Crippen LogP contribution in [0.2, 0.25) is 5.02 Å². The van der Waals surface area contributed by atoms with Crippen LogP contribution in [0.1, 0.15) is 69.2 Å². The predicted octanol–water partition coefficient (Wildman–Crippen LogP) is 4.70. The van der Waals surface area contributed by atoms with E-state index in [0.29, 0.717) is 16.3 Å². The molecule has 0 aliphatic carbocycles. The first-order chi connectivity index (χ1) is 16.2. The number of carbonyl (C=O) groups is 2. The maximum Gasteiger partial charge on any atom is 0.274 e. The quantitative estimate of drug-likeness (QED) is 0.556. The van der Waals surface area contributed by atoms with Crippen molar-refractivity contribution in [2.45, 2.75) is 60.6 Å². The highest BCUT2D eigenvalue weighted by molar-refractivity contribution is 6.30. The van der Waals surface area contributed by atoms with Crippen LogP contribution in [-0.4, -0.2) is 45.9 Å². The van der Waals surface area contributed by atoms with E-state index < -0.39 is 23.2 Å². The summed E-state index contributed by atoms with van der Waals surface area (Å²) in [4.78, 5) is 34.8. The van der Waals surface area contributed by atoms with Gasteiger partial charge in [-0.1, -0.05) is 25.4 Å². The lowest BCUT2D eigenvalue weighted by Gasteiger charge is -2.38. The lowest BCUT2D eigenvalue weighted by atomic mass is 9.78. The van der Waals surface area contributed by atoms with Crippen molar-refractivity contribution in [3.8, 4) is 0 Å². The first-order valence-electron chi connectivity index (χ1n) is 11.3.